The van der Waals surface area contributed by atoms with Gasteiger partial charge in [-0.3, -0.25) is 9.69 Å². The summed E-state index contributed by atoms with van der Waals surface area (Å²) < 4.78 is 0. The Kier molecular flexibility index (Phi) is 7.48. The van der Waals surface area contributed by atoms with E-state index < -0.39 is 0 Å². The van der Waals surface area contributed by atoms with Gasteiger partial charge >= 0.3 is 0 Å². The zero-order chi connectivity index (χ0) is 16.1. The molecule has 8 heteroatoms. The van der Waals surface area contributed by atoms with Crippen LogP contribution in [0.15, 0.2) is 23.7 Å². The van der Waals surface area contributed by atoms with Gasteiger partial charge in [0.05, 0.1) is 0 Å². The van der Waals surface area contributed by atoms with Gasteiger partial charge in [-0.05, 0) is 43.8 Å². The summed E-state index contributed by atoms with van der Waals surface area (Å²) in [6.07, 6.45) is 4.64. The van der Waals surface area contributed by atoms with E-state index in [0.29, 0.717) is 5.13 Å². The number of thiazole rings is 1. The number of anilines is 1. The number of aromatic nitrogens is 1. The zero-order valence-corrected chi connectivity index (χ0v) is 15.9. The quantitative estimate of drug-likeness (QED) is 0.800. The number of piperidine rings is 1. The minimum absolute atomic E-state index is 0. The van der Waals surface area contributed by atoms with E-state index in [1.165, 1.54) is 9.75 Å². The maximum Gasteiger partial charge on any atom is 0.223 e. The fourth-order valence-electron chi connectivity index (χ4n) is 2.88. The van der Waals surface area contributed by atoms with Gasteiger partial charge in [0, 0.05) is 35.0 Å². The second kappa shape index (κ2) is 9.36. The Hall–Kier alpha value is -1.15. The predicted molar refractivity (Wildman–Crippen MR) is 103 cm³/mol. The third-order valence-electron chi connectivity index (χ3n) is 4.16. The molecule has 0 atom stereocenters. The van der Waals surface area contributed by atoms with Crippen LogP contribution >= 0.6 is 35.1 Å². The Morgan fingerprint density at radius 2 is 2.17 bits per heavy atom. The van der Waals surface area contributed by atoms with Crippen molar-refractivity contribution in [3.63, 3.8) is 0 Å². The summed E-state index contributed by atoms with van der Waals surface area (Å²) in [5.74, 6) is 0.365. The van der Waals surface area contributed by atoms with Crippen molar-refractivity contribution in [1.82, 2.24) is 15.2 Å². The lowest BCUT2D eigenvalue weighted by Gasteiger charge is -2.30. The summed E-state index contributed by atoms with van der Waals surface area (Å²) >= 11 is 3.29. The maximum absolute atomic E-state index is 12.2. The Morgan fingerprint density at radius 1 is 1.38 bits per heavy atom. The van der Waals surface area contributed by atoms with Crippen LogP contribution in [-0.4, -0.2) is 35.4 Å². The van der Waals surface area contributed by atoms with Gasteiger partial charge in [0.2, 0.25) is 5.91 Å². The van der Waals surface area contributed by atoms with E-state index in [0.717, 1.165) is 45.4 Å². The van der Waals surface area contributed by atoms with Crippen LogP contribution in [0.5, 0.6) is 0 Å². The van der Waals surface area contributed by atoms with E-state index in [9.17, 15) is 4.79 Å². The molecular weight excluding hydrogens is 364 g/mol. The molecule has 24 heavy (non-hydrogen) atoms. The van der Waals surface area contributed by atoms with Crippen LogP contribution in [0, 0.1) is 5.92 Å². The number of hydrogen-bond donors (Lipinski definition) is 2. The van der Waals surface area contributed by atoms with E-state index in [1.807, 2.05) is 12.3 Å². The van der Waals surface area contributed by atoms with E-state index in [4.69, 9.17) is 5.73 Å². The van der Waals surface area contributed by atoms with Crippen molar-refractivity contribution in [2.45, 2.75) is 25.8 Å². The highest BCUT2D eigenvalue weighted by Crippen LogP contribution is 2.22. The van der Waals surface area contributed by atoms with Gasteiger partial charge in [0.25, 0.3) is 0 Å². The minimum Gasteiger partial charge on any atom is -0.375 e. The Bertz CT molecular complexity index is 624. The Morgan fingerprint density at radius 3 is 2.79 bits per heavy atom. The average Bonchev–Trinajstić information content (AvgIpc) is 3.20. The lowest BCUT2D eigenvalue weighted by molar-refractivity contribution is -0.126. The zero-order valence-electron chi connectivity index (χ0n) is 13.4. The number of carbonyl (C=O) groups is 1. The summed E-state index contributed by atoms with van der Waals surface area (Å²) in [6.45, 7) is 3.54. The molecule has 0 aliphatic carbocycles. The SMILES string of the molecule is Cl.Nc1ncc(CN2CCC(C(=O)NCCc3cccs3)CC2)s1. The summed E-state index contributed by atoms with van der Waals surface area (Å²) in [4.78, 5) is 21.2. The second-order valence-corrected chi connectivity index (χ2v) is 8.01. The number of nitrogen functional groups attached to an aromatic ring is 1. The molecule has 2 aromatic rings. The number of likely N-dealkylation sites (tertiary alicyclic amines) is 1. The van der Waals surface area contributed by atoms with Crippen molar-refractivity contribution in [2.24, 2.45) is 5.92 Å². The average molecular weight is 387 g/mol. The van der Waals surface area contributed by atoms with E-state index in [2.05, 4.69) is 26.6 Å². The molecule has 3 rings (SSSR count). The molecular formula is C16H23ClN4OS2. The number of thiophene rings is 1. The van der Waals surface area contributed by atoms with Crippen molar-refractivity contribution < 1.29 is 4.79 Å². The molecule has 1 fully saturated rings. The third kappa shape index (κ3) is 5.44. The van der Waals surface area contributed by atoms with Crippen molar-refractivity contribution >= 4 is 46.1 Å². The first kappa shape index (κ1) is 19.2. The first-order valence-electron chi connectivity index (χ1n) is 7.93. The molecule has 0 radical (unpaired) electrons. The molecule has 0 aromatic carbocycles. The Labute approximate surface area is 156 Å². The number of halogens is 1. The molecule has 132 valence electrons. The number of nitrogens with one attached hydrogen (secondary N) is 1. The lowest BCUT2D eigenvalue weighted by Crippen LogP contribution is -2.40. The molecule has 1 saturated heterocycles. The lowest BCUT2D eigenvalue weighted by atomic mass is 9.96. The largest absolute Gasteiger partial charge is 0.375 e. The smallest absolute Gasteiger partial charge is 0.223 e. The first-order valence-corrected chi connectivity index (χ1v) is 9.63. The summed E-state index contributed by atoms with van der Waals surface area (Å²) in [6, 6.07) is 4.16. The molecule has 0 bridgehead atoms. The fraction of sp³-hybridized carbons (Fsp3) is 0.500. The first-order chi connectivity index (χ1) is 11.2. The van der Waals surface area contributed by atoms with Crippen LogP contribution in [0.2, 0.25) is 0 Å². The fourth-order valence-corrected chi connectivity index (χ4v) is 4.31. The monoisotopic (exact) mass is 386 g/mol. The highest BCUT2D eigenvalue weighted by atomic mass is 35.5. The van der Waals surface area contributed by atoms with E-state index in [1.54, 1.807) is 22.7 Å². The number of nitrogens with zero attached hydrogens (tertiary/aromatic N) is 2. The summed E-state index contributed by atoms with van der Waals surface area (Å²) in [7, 11) is 0. The highest BCUT2D eigenvalue weighted by Gasteiger charge is 2.24. The number of amides is 1. The molecule has 5 nitrogen and oxygen atoms in total. The number of hydrogen-bond acceptors (Lipinski definition) is 6. The number of nitrogens with two attached hydrogens (primary N) is 1. The molecule has 0 spiro atoms. The van der Waals surface area contributed by atoms with Gasteiger partial charge in [0.1, 0.15) is 0 Å². The van der Waals surface area contributed by atoms with Crippen LogP contribution in [0.1, 0.15) is 22.6 Å². The summed E-state index contributed by atoms with van der Waals surface area (Å²) in [5.41, 5.74) is 5.66. The van der Waals surface area contributed by atoms with Gasteiger partial charge in [-0.2, -0.15) is 0 Å². The van der Waals surface area contributed by atoms with Gasteiger partial charge in [0.15, 0.2) is 5.13 Å². The second-order valence-electron chi connectivity index (χ2n) is 5.84. The normalized spacial score (nSPS) is 15.8. The molecule has 3 N–H and O–H groups in total. The topological polar surface area (TPSA) is 71.2 Å². The minimum atomic E-state index is 0. The van der Waals surface area contributed by atoms with Crippen LogP contribution in [0.25, 0.3) is 0 Å². The van der Waals surface area contributed by atoms with Crippen LogP contribution in [-0.2, 0) is 17.8 Å². The Balaban J connectivity index is 0.00000208. The molecule has 2 aromatic heterocycles. The number of rotatable bonds is 6. The van der Waals surface area contributed by atoms with Gasteiger partial charge in [-0.15, -0.1) is 35.1 Å². The van der Waals surface area contributed by atoms with E-state index >= 15 is 0 Å². The third-order valence-corrected chi connectivity index (χ3v) is 5.91. The van der Waals surface area contributed by atoms with Crippen molar-refractivity contribution in [1.29, 1.82) is 0 Å². The van der Waals surface area contributed by atoms with Crippen LogP contribution in [0.3, 0.4) is 0 Å². The van der Waals surface area contributed by atoms with Crippen molar-refractivity contribution in [3.8, 4) is 0 Å². The molecule has 1 amide bonds. The van der Waals surface area contributed by atoms with Crippen molar-refractivity contribution in [3.05, 3.63) is 33.5 Å². The molecule has 1 aliphatic rings. The predicted octanol–water partition coefficient (Wildman–Crippen LogP) is 2.78. The van der Waals surface area contributed by atoms with Crippen LogP contribution < -0.4 is 11.1 Å². The number of carbonyl (C=O) groups excluding carboxylic acids is 1. The summed E-state index contributed by atoms with van der Waals surface area (Å²) in [5, 5.41) is 5.78. The van der Waals surface area contributed by atoms with Crippen LogP contribution in [0.4, 0.5) is 5.13 Å². The van der Waals surface area contributed by atoms with E-state index in [-0.39, 0.29) is 24.2 Å². The maximum atomic E-state index is 12.2. The van der Waals surface area contributed by atoms with Crippen molar-refractivity contribution in [2.75, 3.05) is 25.4 Å². The highest BCUT2D eigenvalue weighted by molar-refractivity contribution is 7.15. The van der Waals surface area contributed by atoms with Gasteiger partial charge in [-0.25, -0.2) is 4.98 Å². The van der Waals surface area contributed by atoms with Gasteiger partial charge in [-0.1, -0.05) is 6.07 Å². The molecule has 1 aliphatic heterocycles. The standard InChI is InChI=1S/C16H22N4OS2.ClH/c17-16-19-10-14(23-16)11-20-7-4-12(5-8-20)15(21)18-6-3-13-2-1-9-22-13;/h1-2,9-10,12H,3-8,11H2,(H2,17,19)(H,18,21);1H. The van der Waals surface area contributed by atoms with Gasteiger partial charge < -0.3 is 11.1 Å². The molecule has 0 saturated carbocycles. The molecule has 0 unspecified atom stereocenters. The molecule has 3 heterocycles.